The summed E-state index contributed by atoms with van der Waals surface area (Å²) in [5, 5.41) is 16.5. The van der Waals surface area contributed by atoms with Gasteiger partial charge in [0.15, 0.2) is 5.96 Å². The van der Waals surface area contributed by atoms with Crippen molar-refractivity contribution in [2.45, 2.75) is 162 Å². The molecule has 0 aliphatic heterocycles. The molecule has 1 fully saturated rings. The van der Waals surface area contributed by atoms with Crippen molar-refractivity contribution >= 4 is 47.7 Å². The number of amides is 6. The van der Waals surface area contributed by atoms with E-state index in [1.807, 2.05) is 41.5 Å². The molecule has 308 valence electrons. The van der Waals surface area contributed by atoms with Gasteiger partial charge in [-0.1, -0.05) is 73.6 Å². The van der Waals surface area contributed by atoms with Gasteiger partial charge in [-0.2, -0.15) is 0 Å². The van der Waals surface area contributed by atoms with Gasteiger partial charge in [0.25, 0.3) is 0 Å². The predicted octanol–water partition coefficient (Wildman–Crippen LogP) is 1.30. The second-order valence-electron chi connectivity index (χ2n) is 16.0. The molecular formula is C38H69N9O7. The van der Waals surface area contributed by atoms with E-state index in [1.54, 1.807) is 0 Å². The van der Waals surface area contributed by atoms with Gasteiger partial charge in [0, 0.05) is 13.5 Å². The number of carbonyl (C=O) groups excluding carboxylic acids is 7. The molecule has 0 aromatic heterocycles. The van der Waals surface area contributed by atoms with Gasteiger partial charge in [0.2, 0.25) is 35.4 Å². The first kappa shape index (κ1) is 47.8. The van der Waals surface area contributed by atoms with Crippen LogP contribution in [0.1, 0.15) is 126 Å². The highest BCUT2D eigenvalue weighted by atomic mass is 16.2. The number of nitrogens with zero attached hydrogens (tertiary/aromatic N) is 1. The number of guanidine groups is 1. The van der Waals surface area contributed by atoms with Gasteiger partial charge >= 0.3 is 0 Å². The summed E-state index contributed by atoms with van der Waals surface area (Å²) in [6, 6.07) is -5.68. The smallest absolute Gasteiger partial charge is 0.243 e. The lowest BCUT2D eigenvalue weighted by atomic mass is 9.84. The fourth-order valence-corrected chi connectivity index (χ4v) is 6.54. The highest BCUT2D eigenvalue weighted by Crippen LogP contribution is 2.27. The maximum atomic E-state index is 13.8. The maximum Gasteiger partial charge on any atom is 0.243 e. The summed E-state index contributed by atoms with van der Waals surface area (Å²) in [5.74, 6) is -2.90. The monoisotopic (exact) mass is 764 g/mol. The normalized spacial score (nSPS) is 16.6. The van der Waals surface area contributed by atoms with Crippen molar-refractivity contribution in [2.75, 3.05) is 6.54 Å². The predicted molar refractivity (Wildman–Crippen MR) is 208 cm³/mol. The van der Waals surface area contributed by atoms with Crippen molar-refractivity contribution in [2.24, 2.45) is 40.1 Å². The van der Waals surface area contributed by atoms with Crippen LogP contribution in [0.5, 0.6) is 0 Å². The van der Waals surface area contributed by atoms with Crippen molar-refractivity contribution in [3.63, 3.8) is 0 Å². The largest absolute Gasteiger partial charge is 0.370 e. The zero-order valence-corrected chi connectivity index (χ0v) is 33.8. The van der Waals surface area contributed by atoms with Gasteiger partial charge in [-0.3, -0.25) is 33.8 Å². The van der Waals surface area contributed by atoms with Gasteiger partial charge in [-0.15, -0.1) is 0 Å². The van der Waals surface area contributed by atoms with E-state index >= 15 is 0 Å². The average molecular weight is 764 g/mol. The summed E-state index contributed by atoms with van der Waals surface area (Å²) in [6.07, 6.45) is 7.89. The van der Waals surface area contributed by atoms with Crippen LogP contribution in [0.3, 0.4) is 0 Å². The molecule has 0 spiro atoms. The summed E-state index contributed by atoms with van der Waals surface area (Å²) in [5.41, 5.74) is 10.6. The molecule has 54 heavy (non-hydrogen) atoms. The van der Waals surface area contributed by atoms with Crippen LogP contribution in [-0.2, 0) is 33.6 Å². The Morgan fingerprint density at radius 2 is 1.07 bits per heavy atom. The molecule has 6 atom stereocenters. The van der Waals surface area contributed by atoms with E-state index in [0.29, 0.717) is 37.9 Å². The molecule has 0 aromatic carbocycles. The molecule has 0 saturated heterocycles. The molecule has 1 rings (SSSR count). The quantitative estimate of drug-likeness (QED) is 0.0305. The molecule has 0 heterocycles. The fourth-order valence-electron chi connectivity index (χ4n) is 6.54. The van der Waals surface area contributed by atoms with Crippen LogP contribution in [0.15, 0.2) is 4.99 Å². The molecule has 10 N–H and O–H groups in total. The second kappa shape index (κ2) is 25.0. The van der Waals surface area contributed by atoms with Gasteiger partial charge in [-0.25, -0.2) is 0 Å². The standard InChI is InChI=1S/C38H69N9O7/c1-22(2)17-29(34(51)42-25(7)33(50)44-28(21-48)15-12-16-41-38(39)40)45-35(52)30(18-23(3)4)46-36(53)31(19-24(5)6)47-37(54)32(43-26(8)49)20-27-13-10-9-11-14-27/h21-25,27-32H,9-20H2,1-8H3,(H,42,51)(H,43,49)(H,44,50)(H,45,52)(H,46,53)(H,47,54)(H4,39,40,41)/t25-,28-,29-,30-,31-,32-/m0/s1. The van der Waals surface area contributed by atoms with Crippen LogP contribution in [0, 0.1) is 23.7 Å². The first-order valence-corrected chi connectivity index (χ1v) is 19.6. The number of rotatable bonds is 24. The maximum absolute atomic E-state index is 13.8. The highest BCUT2D eigenvalue weighted by molar-refractivity contribution is 5.96. The number of hydrogen-bond acceptors (Lipinski definition) is 8. The van der Waals surface area contributed by atoms with E-state index in [0.717, 1.165) is 32.1 Å². The van der Waals surface area contributed by atoms with Crippen LogP contribution in [0.2, 0.25) is 0 Å². The Morgan fingerprint density at radius 3 is 1.48 bits per heavy atom. The van der Waals surface area contributed by atoms with Crippen molar-refractivity contribution < 1.29 is 33.6 Å². The van der Waals surface area contributed by atoms with Crippen LogP contribution in [0.25, 0.3) is 0 Å². The summed E-state index contributed by atoms with van der Waals surface area (Å²) in [6.45, 7) is 14.5. The SMILES string of the molecule is CC(=O)N[C@@H](CC1CCCCC1)C(=O)N[C@@H](CC(C)C)C(=O)N[C@@H](CC(C)C)C(=O)N[C@@H](CC(C)C)C(=O)N[C@@H](C)C(=O)N[C@H](C=O)CCCN=C(N)N. The van der Waals surface area contributed by atoms with Crippen LogP contribution in [-0.4, -0.2) is 90.5 Å². The highest BCUT2D eigenvalue weighted by Gasteiger charge is 2.33. The first-order valence-electron chi connectivity index (χ1n) is 19.6. The van der Waals surface area contributed by atoms with Crippen LogP contribution >= 0.6 is 0 Å². The van der Waals surface area contributed by atoms with E-state index in [2.05, 4.69) is 36.9 Å². The van der Waals surface area contributed by atoms with Crippen molar-refractivity contribution in [3.05, 3.63) is 0 Å². The zero-order valence-electron chi connectivity index (χ0n) is 33.8. The first-order chi connectivity index (χ1) is 25.3. The Morgan fingerprint density at radius 1 is 0.630 bits per heavy atom. The summed E-state index contributed by atoms with van der Waals surface area (Å²) in [4.78, 5) is 95.1. The molecule has 0 aromatic rings. The Labute approximate surface area is 321 Å². The third-order valence-electron chi connectivity index (χ3n) is 9.22. The molecule has 1 saturated carbocycles. The molecule has 6 amide bonds. The number of carbonyl (C=O) groups is 7. The lowest BCUT2D eigenvalue weighted by molar-refractivity contribution is -0.135. The topological polar surface area (TPSA) is 256 Å². The van der Waals surface area contributed by atoms with Crippen molar-refractivity contribution in [3.8, 4) is 0 Å². The average Bonchev–Trinajstić information content (AvgIpc) is 3.07. The van der Waals surface area contributed by atoms with Crippen molar-refractivity contribution in [1.82, 2.24) is 31.9 Å². The third-order valence-corrected chi connectivity index (χ3v) is 9.22. The van der Waals surface area contributed by atoms with Crippen LogP contribution < -0.4 is 43.4 Å². The molecule has 1 aliphatic carbocycles. The van der Waals surface area contributed by atoms with Crippen molar-refractivity contribution in [1.29, 1.82) is 0 Å². The summed E-state index contributed by atoms with van der Waals surface area (Å²) < 4.78 is 0. The van der Waals surface area contributed by atoms with E-state index in [1.165, 1.54) is 13.8 Å². The van der Waals surface area contributed by atoms with E-state index in [4.69, 9.17) is 11.5 Å². The molecule has 0 bridgehead atoms. The van der Waals surface area contributed by atoms with Gasteiger partial charge in [0.1, 0.15) is 36.5 Å². The minimum atomic E-state index is -1.04. The van der Waals surface area contributed by atoms with Gasteiger partial charge < -0.3 is 48.2 Å². The van der Waals surface area contributed by atoms with Gasteiger partial charge in [0.05, 0.1) is 6.04 Å². The Kier molecular flexibility index (Phi) is 22.1. The minimum Gasteiger partial charge on any atom is -0.370 e. The fraction of sp³-hybridized carbons (Fsp3) is 0.789. The molecule has 1 aliphatic rings. The second-order valence-corrected chi connectivity index (χ2v) is 16.0. The molecule has 0 unspecified atom stereocenters. The Bertz CT molecular complexity index is 1260. The molecule has 0 radical (unpaired) electrons. The number of hydrogen-bond donors (Lipinski definition) is 8. The molecule has 16 heteroatoms. The van der Waals surface area contributed by atoms with Gasteiger partial charge in [-0.05, 0) is 69.1 Å². The summed E-state index contributed by atoms with van der Waals surface area (Å²) in [7, 11) is 0. The van der Waals surface area contributed by atoms with E-state index in [-0.39, 0.29) is 49.0 Å². The lowest BCUT2D eigenvalue weighted by Gasteiger charge is -2.29. The number of nitrogens with one attached hydrogen (secondary N) is 6. The number of aldehydes is 1. The molecular weight excluding hydrogens is 694 g/mol. The Balaban J connectivity index is 3.09. The lowest BCUT2D eigenvalue weighted by Crippen LogP contribution is -2.59. The van der Waals surface area contributed by atoms with E-state index in [9.17, 15) is 33.6 Å². The molecule has 16 nitrogen and oxygen atoms in total. The number of aliphatic imine (C=N–C) groups is 1. The number of nitrogens with two attached hydrogens (primary N) is 2. The summed E-state index contributed by atoms with van der Waals surface area (Å²) >= 11 is 0. The Hall–Kier alpha value is -4.24. The third kappa shape index (κ3) is 19.7. The van der Waals surface area contributed by atoms with E-state index < -0.39 is 65.8 Å². The van der Waals surface area contributed by atoms with Crippen LogP contribution in [0.4, 0.5) is 0 Å². The zero-order chi connectivity index (χ0) is 41.0. The minimum absolute atomic E-state index is 0.0146.